The van der Waals surface area contributed by atoms with Gasteiger partial charge in [0, 0.05) is 24.2 Å². The van der Waals surface area contributed by atoms with Gasteiger partial charge in [-0.2, -0.15) is 5.10 Å². The highest BCUT2D eigenvalue weighted by atomic mass is 16.2. The molecule has 24 heavy (non-hydrogen) atoms. The number of hydrogen-bond acceptors (Lipinski definition) is 4. The number of rotatable bonds is 4. The van der Waals surface area contributed by atoms with Crippen molar-refractivity contribution in [3.8, 4) is 0 Å². The molecule has 3 aromatic rings. The zero-order valence-electron chi connectivity index (χ0n) is 13.5. The Labute approximate surface area is 139 Å². The van der Waals surface area contributed by atoms with Crippen molar-refractivity contribution in [1.82, 2.24) is 20.1 Å². The van der Waals surface area contributed by atoms with E-state index in [9.17, 15) is 4.79 Å². The second kappa shape index (κ2) is 6.05. The summed E-state index contributed by atoms with van der Waals surface area (Å²) >= 11 is 0. The second-order valence-electron chi connectivity index (χ2n) is 6.19. The summed E-state index contributed by atoms with van der Waals surface area (Å²) < 4.78 is 0. The van der Waals surface area contributed by atoms with E-state index in [1.165, 1.54) is 5.56 Å². The summed E-state index contributed by atoms with van der Waals surface area (Å²) in [6.45, 7) is 3.69. The highest BCUT2D eigenvalue weighted by Gasteiger charge is 2.34. The van der Waals surface area contributed by atoms with Gasteiger partial charge in [-0.1, -0.05) is 30.3 Å². The lowest BCUT2D eigenvalue weighted by Gasteiger charge is -2.39. The standard InChI is InChI=1S/C18H19N5O/c1-12-15-9-14(10-19-17(15)22-21-12)20-18(24)16-7-8-23(16)11-13-5-3-2-4-6-13/h2-6,9-10,16H,7-8,11H2,1H3,(H,20,24)(H,19,21,22)/t16-/m1/s1. The Hall–Kier alpha value is -2.73. The van der Waals surface area contributed by atoms with Gasteiger partial charge in [0.1, 0.15) is 0 Å². The molecule has 2 N–H and O–H groups in total. The van der Waals surface area contributed by atoms with Crippen LogP contribution in [0.3, 0.4) is 0 Å². The number of aryl methyl sites for hydroxylation is 1. The Morgan fingerprint density at radius 3 is 2.96 bits per heavy atom. The first kappa shape index (κ1) is 14.8. The summed E-state index contributed by atoms with van der Waals surface area (Å²) in [6, 6.07) is 12.1. The fraction of sp³-hybridized carbons (Fsp3) is 0.278. The van der Waals surface area contributed by atoms with Crippen molar-refractivity contribution < 1.29 is 4.79 Å². The molecular weight excluding hydrogens is 302 g/mol. The van der Waals surface area contributed by atoms with Crippen molar-refractivity contribution in [2.45, 2.75) is 25.9 Å². The van der Waals surface area contributed by atoms with E-state index in [-0.39, 0.29) is 11.9 Å². The number of likely N-dealkylation sites (tertiary alicyclic amines) is 1. The summed E-state index contributed by atoms with van der Waals surface area (Å²) in [4.78, 5) is 19.0. The number of H-pyrrole nitrogens is 1. The predicted molar refractivity (Wildman–Crippen MR) is 92.5 cm³/mol. The number of carbonyl (C=O) groups is 1. The molecule has 0 saturated carbocycles. The topological polar surface area (TPSA) is 73.9 Å². The molecule has 0 unspecified atom stereocenters. The van der Waals surface area contributed by atoms with Crippen molar-refractivity contribution in [3.63, 3.8) is 0 Å². The lowest BCUT2D eigenvalue weighted by molar-refractivity contribution is -0.125. The maximum Gasteiger partial charge on any atom is 0.241 e. The van der Waals surface area contributed by atoms with Crippen LogP contribution in [0.2, 0.25) is 0 Å². The molecule has 0 bridgehead atoms. The molecule has 0 spiro atoms. The van der Waals surface area contributed by atoms with E-state index >= 15 is 0 Å². The first-order valence-corrected chi connectivity index (χ1v) is 8.10. The minimum absolute atomic E-state index is 0.0273. The third-order valence-corrected chi connectivity index (χ3v) is 4.53. The molecule has 6 heteroatoms. The van der Waals surface area contributed by atoms with Gasteiger partial charge in [-0.3, -0.25) is 14.8 Å². The molecule has 1 fully saturated rings. The average molecular weight is 321 g/mol. The van der Waals surface area contributed by atoms with Crippen LogP contribution >= 0.6 is 0 Å². The molecule has 0 radical (unpaired) electrons. The SMILES string of the molecule is Cc1[nH]nc2ncc(NC(=O)[C@H]3CCN3Cc3ccccc3)cc12. The molecule has 1 aliphatic rings. The monoisotopic (exact) mass is 321 g/mol. The van der Waals surface area contributed by atoms with Crippen molar-refractivity contribution in [3.05, 3.63) is 53.9 Å². The van der Waals surface area contributed by atoms with Gasteiger partial charge in [0.25, 0.3) is 0 Å². The lowest BCUT2D eigenvalue weighted by atomic mass is 10.0. The zero-order chi connectivity index (χ0) is 16.5. The predicted octanol–water partition coefficient (Wildman–Crippen LogP) is 2.48. The maximum absolute atomic E-state index is 12.6. The van der Waals surface area contributed by atoms with Gasteiger partial charge in [0.15, 0.2) is 5.65 Å². The number of benzene rings is 1. The van der Waals surface area contributed by atoms with Gasteiger partial charge in [0.05, 0.1) is 17.9 Å². The molecule has 6 nitrogen and oxygen atoms in total. The number of nitrogens with one attached hydrogen (secondary N) is 2. The van der Waals surface area contributed by atoms with Gasteiger partial charge in [-0.25, -0.2) is 4.98 Å². The third-order valence-electron chi connectivity index (χ3n) is 4.53. The second-order valence-corrected chi connectivity index (χ2v) is 6.19. The van der Waals surface area contributed by atoms with Crippen LogP contribution in [0.4, 0.5) is 5.69 Å². The molecule has 3 heterocycles. The van der Waals surface area contributed by atoms with E-state index in [0.717, 1.165) is 30.6 Å². The fourth-order valence-corrected chi connectivity index (χ4v) is 3.06. The summed E-state index contributed by atoms with van der Waals surface area (Å²) in [6.07, 6.45) is 2.54. The summed E-state index contributed by atoms with van der Waals surface area (Å²) in [5.41, 5.74) is 3.55. The van der Waals surface area contributed by atoms with Crippen molar-refractivity contribution in [2.24, 2.45) is 0 Å². The van der Waals surface area contributed by atoms with E-state index in [2.05, 4.69) is 37.5 Å². The van der Waals surface area contributed by atoms with Crippen LogP contribution in [0.1, 0.15) is 17.7 Å². The van der Waals surface area contributed by atoms with Crippen LogP contribution in [-0.4, -0.2) is 38.6 Å². The van der Waals surface area contributed by atoms with Gasteiger partial charge in [-0.15, -0.1) is 0 Å². The van der Waals surface area contributed by atoms with Crippen LogP contribution in [0.25, 0.3) is 11.0 Å². The number of pyridine rings is 1. The van der Waals surface area contributed by atoms with Gasteiger partial charge >= 0.3 is 0 Å². The highest BCUT2D eigenvalue weighted by molar-refractivity contribution is 5.96. The number of nitrogens with zero attached hydrogens (tertiary/aromatic N) is 3. The normalized spacial score (nSPS) is 17.6. The van der Waals surface area contributed by atoms with Gasteiger partial charge in [-0.05, 0) is 25.0 Å². The first-order valence-electron chi connectivity index (χ1n) is 8.10. The Kier molecular flexibility index (Phi) is 3.74. The molecule has 122 valence electrons. The Bertz CT molecular complexity index is 874. The molecule has 0 aliphatic carbocycles. The molecule has 4 rings (SSSR count). The van der Waals surface area contributed by atoms with Crippen molar-refractivity contribution in [1.29, 1.82) is 0 Å². The summed E-state index contributed by atoms with van der Waals surface area (Å²) in [5, 5.41) is 10.9. The van der Waals surface area contributed by atoms with Crippen LogP contribution in [0.5, 0.6) is 0 Å². The maximum atomic E-state index is 12.6. The lowest BCUT2D eigenvalue weighted by Crippen LogP contribution is -2.53. The van der Waals surface area contributed by atoms with E-state index in [1.54, 1.807) is 6.20 Å². The largest absolute Gasteiger partial charge is 0.323 e. The van der Waals surface area contributed by atoms with Gasteiger partial charge < -0.3 is 5.32 Å². The van der Waals surface area contributed by atoms with E-state index in [1.807, 2.05) is 31.2 Å². The van der Waals surface area contributed by atoms with E-state index in [4.69, 9.17) is 0 Å². The van der Waals surface area contributed by atoms with Crippen LogP contribution in [0.15, 0.2) is 42.6 Å². The molecule has 1 atom stereocenters. The van der Waals surface area contributed by atoms with Crippen molar-refractivity contribution in [2.75, 3.05) is 11.9 Å². The Morgan fingerprint density at radius 1 is 1.38 bits per heavy atom. The minimum atomic E-state index is -0.0775. The van der Waals surface area contributed by atoms with E-state index in [0.29, 0.717) is 11.3 Å². The molecule has 1 amide bonds. The molecule has 1 aromatic carbocycles. The average Bonchev–Trinajstić information content (AvgIpc) is 2.93. The Balaban J connectivity index is 1.44. The van der Waals surface area contributed by atoms with Gasteiger partial charge in [0.2, 0.25) is 5.91 Å². The fourth-order valence-electron chi connectivity index (χ4n) is 3.06. The van der Waals surface area contributed by atoms with Crippen LogP contribution < -0.4 is 5.32 Å². The minimum Gasteiger partial charge on any atom is -0.323 e. The number of aromatic nitrogens is 3. The third kappa shape index (κ3) is 2.76. The number of amides is 1. The molecular formula is C18H19N5O. The summed E-state index contributed by atoms with van der Waals surface area (Å²) in [5.74, 6) is 0.0273. The quantitative estimate of drug-likeness (QED) is 0.774. The zero-order valence-corrected chi connectivity index (χ0v) is 13.5. The summed E-state index contributed by atoms with van der Waals surface area (Å²) in [7, 11) is 0. The van der Waals surface area contributed by atoms with Crippen molar-refractivity contribution >= 4 is 22.6 Å². The number of hydrogen-bond donors (Lipinski definition) is 2. The number of carbonyl (C=O) groups excluding carboxylic acids is 1. The number of anilines is 1. The highest BCUT2D eigenvalue weighted by Crippen LogP contribution is 2.23. The molecule has 1 saturated heterocycles. The first-order chi connectivity index (χ1) is 11.7. The van der Waals surface area contributed by atoms with E-state index < -0.39 is 0 Å². The van der Waals surface area contributed by atoms with Crippen LogP contribution in [0, 0.1) is 6.92 Å². The smallest absolute Gasteiger partial charge is 0.241 e. The number of aromatic amines is 1. The molecule has 1 aliphatic heterocycles. The molecule has 2 aromatic heterocycles. The Morgan fingerprint density at radius 2 is 2.21 bits per heavy atom. The number of fused-ring (bicyclic) bond motifs is 1. The van der Waals surface area contributed by atoms with Crippen LogP contribution in [-0.2, 0) is 11.3 Å².